The predicted octanol–water partition coefficient (Wildman–Crippen LogP) is 4.06. The third-order valence-corrected chi connectivity index (χ3v) is 3.68. The van der Waals surface area contributed by atoms with E-state index in [1.165, 1.54) is 0 Å². The lowest BCUT2D eigenvalue weighted by molar-refractivity contribution is -0.122. The van der Waals surface area contributed by atoms with E-state index in [9.17, 15) is 4.79 Å². The number of rotatable bonds is 5. The zero-order valence-corrected chi connectivity index (χ0v) is 13.5. The second-order valence-corrected chi connectivity index (χ2v) is 5.24. The Hall–Kier alpha value is -2.20. The van der Waals surface area contributed by atoms with Crippen LogP contribution in [0.3, 0.4) is 0 Å². The molecule has 1 N–H and O–H groups in total. The van der Waals surface area contributed by atoms with E-state index in [2.05, 4.69) is 5.32 Å². The van der Waals surface area contributed by atoms with Gasteiger partial charge < -0.3 is 14.8 Å². The van der Waals surface area contributed by atoms with Crippen LogP contribution in [0.4, 0.5) is 5.69 Å². The molecular formula is C17H18ClNO3. The van der Waals surface area contributed by atoms with E-state index in [-0.39, 0.29) is 5.91 Å². The van der Waals surface area contributed by atoms with Gasteiger partial charge in [-0.15, -0.1) is 0 Å². The van der Waals surface area contributed by atoms with Crippen molar-refractivity contribution in [2.75, 3.05) is 12.4 Å². The van der Waals surface area contributed by atoms with Crippen LogP contribution in [-0.4, -0.2) is 19.1 Å². The highest BCUT2D eigenvalue weighted by Crippen LogP contribution is 2.23. The van der Waals surface area contributed by atoms with E-state index in [0.29, 0.717) is 16.5 Å². The molecule has 116 valence electrons. The minimum absolute atomic E-state index is 0.235. The summed E-state index contributed by atoms with van der Waals surface area (Å²) in [7, 11) is 1.60. The second-order valence-electron chi connectivity index (χ2n) is 4.84. The quantitative estimate of drug-likeness (QED) is 0.904. The van der Waals surface area contributed by atoms with Gasteiger partial charge in [0.2, 0.25) is 0 Å². The molecule has 2 aromatic carbocycles. The number of anilines is 1. The lowest BCUT2D eigenvalue weighted by Crippen LogP contribution is -2.30. The Morgan fingerprint density at radius 3 is 2.41 bits per heavy atom. The maximum Gasteiger partial charge on any atom is 0.265 e. The van der Waals surface area contributed by atoms with Crippen molar-refractivity contribution in [3.8, 4) is 11.5 Å². The number of carbonyl (C=O) groups excluding carboxylic acids is 1. The summed E-state index contributed by atoms with van der Waals surface area (Å²) in [5.41, 5.74) is 1.51. The first-order valence-corrected chi connectivity index (χ1v) is 7.25. The summed E-state index contributed by atoms with van der Waals surface area (Å²) in [6.45, 7) is 3.55. The molecule has 4 nitrogen and oxygen atoms in total. The number of carbonyl (C=O) groups is 1. The summed E-state index contributed by atoms with van der Waals surface area (Å²) in [4.78, 5) is 12.2. The van der Waals surface area contributed by atoms with Crippen LogP contribution >= 0.6 is 11.6 Å². The maximum atomic E-state index is 12.2. The van der Waals surface area contributed by atoms with E-state index in [4.69, 9.17) is 21.1 Å². The number of methoxy groups -OCH3 is 1. The molecule has 0 saturated carbocycles. The molecule has 22 heavy (non-hydrogen) atoms. The minimum atomic E-state index is -0.633. The van der Waals surface area contributed by atoms with Crippen molar-refractivity contribution in [3.05, 3.63) is 53.1 Å². The van der Waals surface area contributed by atoms with Crippen molar-refractivity contribution in [1.82, 2.24) is 0 Å². The number of hydrogen-bond donors (Lipinski definition) is 1. The van der Waals surface area contributed by atoms with Crippen molar-refractivity contribution in [3.63, 3.8) is 0 Å². The van der Waals surface area contributed by atoms with Crippen LogP contribution in [-0.2, 0) is 4.79 Å². The smallest absolute Gasteiger partial charge is 0.265 e. The average molecular weight is 320 g/mol. The molecule has 0 spiro atoms. The third-order valence-electron chi connectivity index (χ3n) is 3.27. The Morgan fingerprint density at radius 1 is 1.14 bits per heavy atom. The van der Waals surface area contributed by atoms with Gasteiger partial charge in [-0.3, -0.25) is 4.79 Å². The van der Waals surface area contributed by atoms with Crippen molar-refractivity contribution in [1.29, 1.82) is 0 Å². The van der Waals surface area contributed by atoms with Crippen molar-refractivity contribution >= 4 is 23.2 Å². The van der Waals surface area contributed by atoms with E-state index < -0.39 is 6.10 Å². The standard InChI is InChI=1S/C17H18ClNO3/c1-11-15(18)5-4-6-16(11)19-17(20)12(2)22-14-9-7-13(21-3)8-10-14/h4-10,12H,1-3H3,(H,19,20)/t12-/m1/s1. The van der Waals surface area contributed by atoms with Crippen LogP contribution in [0.15, 0.2) is 42.5 Å². The number of amides is 1. The molecule has 1 amide bonds. The Balaban J connectivity index is 2.01. The molecule has 0 bridgehead atoms. The van der Waals surface area contributed by atoms with Crippen LogP contribution in [0.1, 0.15) is 12.5 Å². The van der Waals surface area contributed by atoms with Crippen LogP contribution in [0.5, 0.6) is 11.5 Å². The molecule has 0 aliphatic heterocycles. The van der Waals surface area contributed by atoms with Crippen LogP contribution < -0.4 is 14.8 Å². The topological polar surface area (TPSA) is 47.6 Å². The Kier molecular flexibility index (Phi) is 5.28. The first-order chi connectivity index (χ1) is 10.5. The largest absolute Gasteiger partial charge is 0.497 e. The number of ether oxygens (including phenoxy) is 2. The fourth-order valence-corrected chi connectivity index (χ4v) is 2.06. The Morgan fingerprint density at radius 2 is 1.77 bits per heavy atom. The highest BCUT2D eigenvalue weighted by atomic mass is 35.5. The van der Waals surface area contributed by atoms with Gasteiger partial charge in [-0.2, -0.15) is 0 Å². The monoisotopic (exact) mass is 319 g/mol. The fourth-order valence-electron chi connectivity index (χ4n) is 1.89. The molecule has 0 fully saturated rings. The molecule has 0 unspecified atom stereocenters. The predicted molar refractivity (Wildman–Crippen MR) is 87.9 cm³/mol. The minimum Gasteiger partial charge on any atom is -0.497 e. The third kappa shape index (κ3) is 3.92. The molecule has 0 aliphatic carbocycles. The van der Waals surface area contributed by atoms with Crippen molar-refractivity contribution in [2.24, 2.45) is 0 Å². The first-order valence-electron chi connectivity index (χ1n) is 6.88. The van der Waals surface area contributed by atoms with Crippen LogP contribution in [0, 0.1) is 6.92 Å². The lowest BCUT2D eigenvalue weighted by atomic mass is 10.2. The molecule has 1 atom stereocenters. The molecule has 0 aromatic heterocycles. The van der Waals surface area contributed by atoms with Gasteiger partial charge in [-0.1, -0.05) is 17.7 Å². The molecule has 2 rings (SSSR count). The van der Waals surface area contributed by atoms with Crippen LogP contribution in [0.25, 0.3) is 0 Å². The number of benzene rings is 2. The maximum absolute atomic E-state index is 12.2. The van der Waals surface area contributed by atoms with E-state index in [0.717, 1.165) is 11.3 Å². The summed E-state index contributed by atoms with van der Waals surface area (Å²) in [5, 5.41) is 3.43. The van der Waals surface area contributed by atoms with E-state index >= 15 is 0 Å². The van der Waals surface area contributed by atoms with Crippen molar-refractivity contribution < 1.29 is 14.3 Å². The van der Waals surface area contributed by atoms with Gasteiger partial charge in [0.1, 0.15) is 11.5 Å². The first kappa shape index (κ1) is 16.2. The lowest BCUT2D eigenvalue weighted by Gasteiger charge is -2.16. The number of hydrogen-bond acceptors (Lipinski definition) is 3. The highest BCUT2D eigenvalue weighted by Gasteiger charge is 2.16. The highest BCUT2D eigenvalue weighted by molar-refractivity contribution is 6.31. The molecule has 0 saturated heterocycles. The van der Waals surface area contributed by atoms with Gasteiger partial charge in [-0.05, 0) is 55.8 Å². The van der Waals surface area contributed by atoms with Crippen LogP contribution in [0.2, 0.25) is 5.02 Å². The van der Waals surface area contributed by atoms with Gasteiger partial charge in [0, 0.05) is 10.7 Å². The molecule has 0 radical (unpaired) electrons. The molecule has 5 heteroatoms. The van der Waals surface area contributed by atoms with Gasteiger partial charge in [0.15, 0.2) is 6.10 Å². The van der Waals surface area contributed by atoms with Gasteiger partial charge >= 0.3 is 0 Å². The average Bonchev–Trinajstić information content (AvgIpc) is 2.52. The number of nitrogens with one attached hydrogen (secondary N) is 1. The summed E-state index contributed by atoms with van der Waals surface area (Å²) in [6, 6.07) is 12.5. The zero-order chi connectivity index (χ0) is 16.1. The van der Waals surface area contributed by atoms with Gasteiger partial charge in [0.25, 0.3) is 5.91 Å². The fraction of sp³-hybridized carbons (Fsp3) is 0.235. The summed E-state index contributed by atoms with van der Waals surface area (Å²) >= 11 is 6.04. The summed E-state index contributed by atoms with van der Waals surface area (Å²) < 4.78 is 10.7. The molecular weight excluding hydrogens is 302 g/mol. The number of halogens is 1. The zero-order valence-electron chi connectivity index (χ0n) is 12.7. The molecule has 0 heterocycles. The van der Waals surface area contributed by atoms with Crippen molar-refractivity contribution in [2.45, 2.75) is 20.0 Å². The Labute approximate surface area is 135 Å². The van der Waals surface area contributed by atoms with Gasteiger partial charge in [0.05, 0.1) is 7.11 Å². The normalized spacial score (nSPS) is 11.6. The van der Waals surface area contributed by atoms with E-state index in [1.807, 2.05) is 6.92 Å². The molecule has 2 aromatic rings. The van der Waals surface area contributed by atoms with Gasteiger partial charge in [-0.25, -0.2) is 0 Å². The van der Waals surface area contributed by atoms with E-state index in [1.54, 1.807) is 56.5 Å². The summed E-state index contributed by atoms with van der Waals surface area (Å²) in [5.74, 6) is 1.10. The SMILES string of the molecule is COc1ccc(O[C@H](C)C(=O)Nc2cccc(Cl)c2C)cc1. The second kappa shape index (κ2) is 7.18. The summed E-state index contributed by atoms with van der Waals surface area (Å²) in [6.07, 6.45) is -0.633. The molecule has 0 aliphatic rings. The Bertz CT molecular complexity index is 655.